The van der Waals surface area contributed by atoms with Crippen LogP contribution in [0, 0.1) is 5.41 Å². The molecule has 0 aromatic heterocycles. The maximum Gasteiger partial charge on any atom is 0.211 e. The lowest BCUT2D eigenvalue weighted by molar-refractivity contribution is 0.336. The van der Waals surface area contributed by atoms with Crippen molar-refractivity contribution in [2.24, 2.45) is 5.41 Å². The average Bonchev–Trinajstić information content (AvgIpc) is 2.74. The average molecular weight is 276 g/mol. The monoisotopic (exact) mass is 276 g/mol. The lowest BCUT2D eigenvalue weighted by Gasteiger charge is -2.23. The topological polar surface area (TPSA) is 58.2 Å². The molecule has 108 valence electrons. The molecule has 5 heteroatoms. The number of rotatable bonds is 9. The smallest absolute Gasteiger partial charge is 0.211 e. The Bertz CT molecular complexity index is 322. The van der Waals surface area contributed by atoms with Crippen molar-refractivity contribution in [1.29, 1.82) is 0 Å². The van der Waals surface area contributed by atoms with Crippen LogP contribution in [-0.2, 0) is 10.0 Å². The second-order valence-corrected chi connectivity index (χ2v) is 7.64. The Morgan fingerprint density at radius 1 is 1.17 bits per heavy atom. The molecular formula is C13H28N2O2S. The number of hydrogen-bond donors (Lipinski definition) is 2. The molecule has 0 spiro atoms. The molecule has 0 atom stereocenters. The molecule has 2 N–H and O–H groups in total. The highest BCUT2D eigenvalue weighted by Crippen LogP contribution is 2.36. The van der Waals surface area contributed by atoms with Crippen LogP contribution in [0.3, 0.4) is 0 Å². The molecule has 18 heavy (non-hydrogen) atoms. The third-order valence-corrected chi connectivity index (χ3v) is 5.21. The summed E-state index contributed by atoms with van der Waals surface area (Å²) in [7, 11) is -3.07. The van der Waals surface area contributed by atoms with E-state index in [9.17, 15) is 8.42 Å². The molecular weight excluding hydrogens is 248 g/mol. The van der Waals surface area contributed by atoms with Gasteiger partial charge in [-0.2, -0.15) is 0 Å². The fourth-order valence-corrected chi connectivity index (χ4v) is 3.78. The molecule has 0 aromatic carbocycles. The second kappa shape index (κ2) is 7.46. The third kappa shape index (κ3) is 6.16. The molecule has 0 heterocycles. The van der Waals surface area contributed by atoms with Crippen molar-refractivity contribution in [3.63, 3.8) is 0 Å². The minimum Gasteiger partial charge on any atom is -0.317 e. The molecule has 0 radical (unpaired) electrons. The van der Waals surface area contributed by atoms with Crippen molar-refractivity contribution in [3.8, 4) is 0 Å². The molecule has 0 aromatic rings. The van der Waals surface area contributed by atoms with E-state index in [0.29, 0.717) is 6.54 Å². The Morgan fingerprint density at radius 3 is 2.44 bits per heavy atom. The minimum atomic E-state index is -3.07. The van der Waals surface area contributed by atoms with E-state index in [0.717, 1.165) is 38.8 Å². The van der Waals surface area contributed by atoms with Crippen LogP contribution in [0.5, 0.6) is 0 Å². The Morgan fingerprint density at radius 2 is 1.83 bits per heavy atom. The standard InChI is InChI=1S/C13H28N2O2S/c1-3-14-10-6-7-11-18(16,17)15-12-13(2)8-4-5-9-13/h14-15H,3-12H2,1-2H3. The molecule has 4 nitrogen and oxygen atoms in total. The van der Waals surface area contributed by atoms with E-state index in [-0.39, 0.29) is 11.2 Å². The van der Waals surface area contributed by atoms with Crippen molar-refractivity contribution in [1.82, 2.24) is 10.0 Å². The fourth-order valence-electron chi connectivity index (χ4n) is 2.48. The van der Waals surface area contributed by atoms with Gasteiger partial charge >= 0.3 is 0 Å². The van der Waals surface area contributed by atoms with Gasteiger partial charge < -0.3 is 5.32 Å². The fraction of sp³-hybridized carbons (Fsp3) is 1.00. The summed E-state index contributed by atoms with van der Waals surface area (Å²) in [6.07, 6.45) is 6.43. The number of hydrogen-bond acceptors (Lipinski definition) is 3. The summed E-state index contributed by atoms with van der Waals surface area (Å²) >= 11 is 0. The van der Waals surface area contributed by atoms with Crippen molar-refractivity contribution >= 4 is 10.0 Å². The maximum atomic E-state index is 11.8. The van der Waals surface area contributed by atoms with E-state index >= 15 is 0 Å². The predicted molar refractivity (Wildman–Crippen MR) is 76.1 cm³/mol. The first kappa shape index (κ1) is 15.9. The van der Waals surface area contributed by atoms with Crippen molar-refractivity contribution in [3.05, 3.63) is 0 Å². The van der Waals surface area contributed by atoms with E-state index < -0.39 is 10.0 Å². The van der Waals surface area contributed by atoms with Gasteiger partial charge in [-0.15, -0.1) is 0 Å². The van der Waals surface area contributed by atoms with Gasteiger partial charge in [-0.25, -0.2) is 13.1 Å². The molecule has 0 bridgehead atoms. The van der Waals surface area contributed by atoms with Crippen LogP contribution in [0.1, 0.15) is 52.4 Å². The van der Waals surface area contributed by atoms with Gasteiger partial charge in [-0.1, -0.05) is 26.7 Å². The lowest BCUT2D eigenvalue weighted by atomic mass is 9.89. The zero-order valence-electron chi connectivity index (χ0n) is 11.8. The summed E-state index contributed by atoms with van der Waals surface area (Å²) in [4.78, 5) is 0. The van der Waals surface area contributed by atoms with Crippen LogP contribution in [0.2, 0.25) is 0 Å². The van der Waals surface area contributed by atoms with Gasteiger partial charge in [0.1, 0.15) is 0 Å². The van der Waals surface area contributed by atoms with E-state index in [2.05, 4.69) is 23.9 Å². The van der Waals surface area contributed by atoms with Crippen LogP contribution in [0.15, 0.2) is 0 Å². The number of sulfonamides is 1. The van der Waals surface area contributed by atoms with Crippen LogP contribution in [0.25, 0.3) is 0 Å². The highest BCUT2D eigenvalue weighted by molar-refractivity contribution is 7.89. The zero-order chi connectivity index (χ0) is 13.5. The Balaban J connectivity index is 2.19. The van der Waals surface area contributed by atoms with Gasteiger partial charge in [-0.3, -0.25) is 0 Å². The van der Waals surface area contributed by atoms with Crippen LogP contribution in [-0.4, -0.2) is 33.8 Å². The summed E-state index contributed by atoms with van der Waals surface area (Å²) in [5.41, 5.74) is 0.191. The molecule has 0 saturated heterocycles. The van der Waals surface area contributed by atoms with Crippen molar-refractivity contribution in [2.75, 3.05) is 25.4 Å². The van der Waals surface area contributed by atoms with Crippen LogP contribution >= 0.6 is 0 Å². The highest BCUT2D eigenvalue weighted by Gasteiger charge is 2.29. The zero-order valence-corrected chi connectivity index (χ0v) is 12.6. The first-order chi connectivity index (χ1) is 8.47. The summed E-state index contributed by atoms with van der Waals surface area (Å²) in [5, 5.41) is 3.20. The molecule has 1 aliphatic carbocycles. The Kier molecular flexibility index (Phi) is 6.60. The quantitative estimate of drug-likeness (QED) is 0.632. The SMILES string of the molecule is CCNCCCCS(=O)(=O)NCC1(C)CCCC1. The summed E-state index contributed by atoms with van der Waals surface area (Å²) in [5.74, 6) is 0.258. The van der Waals surface area contributed by atoms with E-state index in [4.69, 9.17) is 0 Å². The van der Waals surface area contributed by atoms with Crippen LogP contribution < -0.4 is 10.0 Å². The lowest BCUT2D eigenvalue weighted by Crippen LogP contribution is -2.35. The molecule has 1 aliphatic rings. The maximum absolute atomic E-state index is 11.8. The van der Waals surface area contributed by atoms with Crippen molar-refractivity contribution < 1.29 is 8.42 Å². The second-order valence-electron chi connectivity index (χ2n) is 5.72. The summed E-state index contributed by atoms with van der Waals surface area (Å²) in [6, 6.07) is 0. The third-order valence-electron chi connectivity index (χ3n) is 3.80. The van der Waals surface area contributed by atoms with Gasteiger partial charge in [0.25, 0.3) is 0 Å². The number of unbranched alkanes of at least 4 members (excludes halogenated alkanes) is 1. The first-order valence-corrected chi connectivity index (χ1v) is 8.81. The van der Waals surface area contributed by atoms with Crippen LogP contribution in [0.4, 0.5) is 0 Å². The van der Waals surface area contributed by atoms with Gasteiger partial charge in [0.2, 0.25) is 10.0 Å². The van der Waals surface area contributed by atoms with Gasteiger partial charge in [0.05, 0.1) is 5.75 Å². The van der Waals surface area contributed by atoms with E-state index in [1.54, 1.807) is 0 Å². The van der Waals surface area contributed by atoms with Gasteiger partial charge in [0, 0.05) is 6.54 Å². The van der Waals surface area contributed by atoms with Gasteiger partial charge in [0.15, 0.2) is 0 Å². The van der Waals surface area contributed by atoms with Gasteiger partial charge in [-0.05, 0) is 44.2 Å². The minimum absolute atomic E-state index is 0.191. The Labute approximate surface area is 112 Å². The molecule has 0 unspecified atom stereocenters. The normalized spacial score (nSPS) is 19.2. The molecule has 1 fully saturated rings. The first-order valence-electron chi connectivity index (χ1n) is 7.15. The van der Waals surface area contributed by atoms with E-state index in [1.807, 2.05) is 0 Å². The largest absolute Gasteiger partial charge is 0.317 e. The Hall–Kier alpha value is -0.130. The summed E-state index contributed by atoms with van der Waals surface area (Å²) < 4.78 is 26.4. The van der Waals surface area contributed by atoms with E-state index in [1.165, 1.54) is 12.8 Å². The molecule has 0 amide bonds. The predicted octanol–water partition coefficient (Wildman–Crippen LogP) is 1.88. The molecule has 0 aliphatic heterocycles. The van der Waals surface area contributed by atoms with Crippen molar-refractivity contribution in [2.45, 2.75) is 52.4 Å². The summed E-state index contributed by atoms with van der Waals surface area (Å²) in [6.45, 7) is 6.71. The number of nitrogens with one attached hydrogen (secondary N) is 2. The highest BCUT2D eigenvalue weighted by atomic mass is 32.2. The molecule has 1 rings (SSSR count). The molecule has 1 saturated carbocycles.